The summed E-state index contributed by atoms with van der Waals surface area (Å²) in [6.45, 7) is 14.9. The summed E-state index contributed by atoms with van der Waals surface area (Å²) >= 11 is 0. The lowest BCUT2D eigenvalue weighted by Crippen LogP contribution is -2.42. The highest BCUT2D eigenvalue weighted by atomic mass is 28.4. The number of hydrogen-bond donors (Lipinski definition) is 1. The molecule has 1 rings (SSSR count). The number of rotatable bonds is 9. The summed E-state index contributed by atoms with van der Waals surface area (Å²) in [5.41, 5.74) is 1.33. The van der Waals surface area contributed by atoms with E-state index in [9.17, 15) is 9.90 Å². The third-order valence-electron chi connectivity index (χ3n) is 5.19. The molecule has 1 atom stereocenters. The van der Waals surface area contributed by atoms with E-state index in [0.29, 0.717) is 37.2 Å². The molecule has 1 N–H and O–H groups in total. The van der Waals surface area contributed by atoms with Crippen LogP contribution in [0.3, 0.4) is 0 Å². The van der Waals surface area contributed by atoms with Gasteiger partial charge >= 0.3 is 0 Å². The van der Waals surface area contributed by atoms with Gasteiger partial charge in [-0.15, -0.1) is 6.58 Å². The predicted molar refractivity (Wildman–Crippen MR) is 117 cm³/mol. The maximum atomic E-state index is 12.5. The molecule has 0 aliphatic carbocycles. The van der Waals surface area contributed by atoms with E-state index in [-0.39, 0.29) is 10.8 Å². The summed E-state index contributed by atoms with van der Waals surface area (Å²) in [7, 11) is -0.292. The number of aliphatic hydroxyl groups excluding tert-OH is 1. The van der Waals surface area contributed by atoms with Crippen molar-refractivity contribution < 1.29 is 19.1 Å². The molecule has 154 valence electrons. The SMILES string of the molecule is C=CCc1c(OC)cccc1C(=O)C#CCC[C@@H](O)CO[Si](C)(C)C(C)(C)C. The van der Waals surface area contributed by atoms with Gasteiger partial charge in [0.05, 0.1) is 19.8 Å². The van der Waals surface area contributed by atoms with Crippen LogP contribution >= 0.6 is 0 Å². The number of benzene rings is 1. The van der Waals surface area contributed by atoms with Crippen LogP contribution in [0, 0.1) is 11.8 Å². The van der Waals surface area contributed by atoms with Crippen molar-refractivity contribution in [1.82, 2.24) is 0 Å². The Morgan fingerprint density at radius 1 is 1.36 bits per heavy atom. The zero-order valence-corrected chi connectivity index (χ0v) is 19.1. The van der Waals surface area contributed by atoms with Crippen LogP contribution in [-0.2, 0) is 10.8 Å². The first kappa shape index (κ1) is 24.2. The molecule has 0 amide bonds. The van der Waals surface area contributed by atoms with Gasteiger partial charge in [0.1, 0.15) is 5.75 Å². The van der Waals surface area contributed by atoms with Gasteiger partial charge in [-0.05, 0) is 49.0 Å². The summed E-state index contributed by atoms with van der Waals surface area (Å²) < 4.78 is 11.4. The molecule has 0 aromatic heterocycles. The first-order valence-corrected chi connectivity index (χ1v) is 12.6. The van der Waals surface area contributed by atoms with E-state index in [1.54, 1.807) is 25.3 Å². The highest BCUT2D eigenvalue weighted by molar-refractivity contribution is 6.74. The summed E-state index contributed by atoms with van der Waals surface area (Å²) in [5.74, 6) is 5.97. The van der Waals surface area contributed by atoms with E-state index in [2.05, 4.69) is 52.3 Å². The second kappa shape index (κ2) is 10.6. The van der Waals surface area contributed by atoms with Crippen molar-refractivity contribution in [3.63, 3.8) is 0 Å². The summed E-state index contributed by atoms with van der Waals surface area (Å²) in [5, 5.41) is 10.3. The van der Waals surface area contributed by atoms with Crippen molar-refractivity contribution in [2.45, 2.75) is 64.3 Å². The quantitative estimate of drug-likeness (QED) is 0.212. The number of carbonyl (C=O) groups is 1. The molecule has 0 radical (unpaired) electrons. The Morgan fingerprint density at radius 2 is 2.04 bits per heavy atom. The second-order valence-electron chi connectivity index (χ2n) is 8.37. The van der Waals surface area contributed by atoms with Gasteiger partial charge in [0, 0.05) is 17.5 Å². The van der Waals surface area contributed by atoms with E-state index < -0.39 is 14.4 Å². The summed E-state index contributed by atoms with van der Waals surface area (Å²) in [6.07, 6.45) is 2.62. The Labute approximate surface area is 171 Å². The highest BCUT2D eigenvalue weighted by Gasteiger charge is 2.37. The molecule has 0 bridgehead atoms. The summed E-state index contributed by atoms with van der Waals surface area (Å²) in [6, 6.07) is 5.35. The minimum Gasteiger partial charge on any atom is -0.496 e. The highest BCUT2D eigenvalue weighted by Crippen LogP contribution is 2.36. The van der Waals surface area contributed by atoms with Gasteiger partial charge in [-0.1, -0.05) is 38.8 Å². The average molecular weight is 403 g/mol. The number of allylic oxidation sites excluding steroid dienone is 1. The fourth-order valence-corrected chi connectivity index (χ4v) is 3.42. The zero-order valence-electron chi connectivity index (χ0n) is 18.1. The topological polar surface area (TPSA) is 55.8 Å². The Bertz CT molecular complexity index is 735. The lowest BCUT2D eigenvalue weighted by Gasteiger charge is -2.36. The molecular formula is C23H34O4Si. The standard InChI is InChI=1S/C23H34O4Si/c1-8-12-20-19(14-11-16-22(20)26-5)21(25)15-10-9-13-18(24)17-27-28(6,7)23(2,3)4/h8,11,14,16,18,24H,1,9,12-13,17H2,2-7H3/t18-/m1/s1. The molecule has 1 aromatic carbocycles. The Morgan fingerprint density at radius 3 is 2.61 bits per heavy atom. The number of hydrogen-bond acceptors (Lipinski definition) is 4. The molecule has 0 aliphatic heterocycles. The van der Waals surface area contributed by atoms with E-state index in [4.69, 9.17) is 9.16 Å². The second-order valence-corrected chi connectivity index (χ2v) is 13.2. The molecule has 0 heterocycles. The minimum atomic E-state index is -1.87. The lowest BCUT2D eigenvalue weighted by molar-refractivity contribution is 0.0941. The van der Waals surface area contributed by atoms with Crippen LogP contribution in [-0.4, -0.2) is 39.0 Å². The maximum absolute atomic E-state index is 12.5. The van der Waals surface area contributed by atoms with Crippen molar-refractivity contribution in [3.8, 4) is 17.6 Å². The molecule has 5 heteroatoms. The number of Topliss-reactive ketones (excluding diaryl/α,β-unsaturated/α-hetero) is 1. The molecule has 4 nitrogen and oxygen atoms in total. The van der Waals surface area contributed by atoms with Crippen molar-refractivity contribution in [2.75, 3.05) is 13.7 Å². The van der Waals surface area contributed by atoms with Gasteiger partial charge in [0.15, 0.2) is 8.32 Å². The van der Waals surface area contributed by atoms with Crippen molar-refractivity contribution in [1.29, 1.82) is 0 Å². The van der Waals surface area contributed by atoms with Gasteiger partial charge in [0.25, 0.3) is 0 Å². The first-order chi connectivity index (χ1) is 13.0. The molecular weight excluding hydrogens is 368 g/mol. The fraction of sp³-hybridized carbons (Fsp3) is 0.522. The van der Waals surface area contributed by atoms with E-state index in [0.717, 1.165) is 5.56 Å². The lowest BCUT2D eigenvalue weighted by atomic mass is 10.00. The van der Waals surface area contributed by atoms with Gasteiger partial charge in [-0.2, -0.15) is 0 Å². The summed E-state index contributed by atoms with van der Waals surface area (Å²) in [4.78, 5) is 12.5. The van der Waals surface area contributed by atoms with Crippen molar-refractivity contribution in [2.24, 2.45) is 0 Å². The molecule has 28 heavy (non-hydrogen) atoms. The minimum absolute atomic E-state index is 0.110. The monoisotopic (exact) mass is 402 g/mol. The molecule has 0 spiro atoms. The van der Waals surface area contributed by atoms with Crippen LogP contribution in [0.2, 0.25) is 18.1 Å². The van der Waals surface area contributed by atoms with Gasteiger partial charge in [-0.3, -0.25) is 4.79 Å². The average Bonchev–Trinajstić information content (AvgIpc) is 2.63. The number of ketones is 1. The van der Waals surface area contributed by atoms with Gasteiger partial charge in [-0.25, -0.2) is 0 Å². The third kappa shape index (κ3) is 6.94. The number of aliphatic hydroxyl groups is 1. The van der Waals surface area contributed by atoms with Crippen molar-refractivity contribution in [3.05, 3.63) is 42.0 Å². The Balaban J connectivity index is 2.64. The van der Waals surface area contributed by atoms with E-state index >= 15 is 0 Å². The Kier molecular flexibility index (Phi) is 9.16. The van der Waals surface area contributed by atoms with Crippen LogP contribution in [0.4, 0.5) is 0 Å². The number of carbonyl (C=O) groups excluding carboxylic acids is 1. The Hall–Kier alpha value is -1.87. The maximum Gasteiger partial charge on any atom is 0.236 e. The van der Waals surface area contributed by atoms with E-state index in [1.807, 2.05) is 6.07 Å². The molecule has 0 unspecified atom stereocenters. The molecule has 0 fully saturated rings. The fourth-order valence-electron chi connectivity index (χ4n) is 2.38. The zero-order chi connectivity index (χ0) is 21.4. The van der Waals surface area contributed by atoms with Crippen molar-refractivity contribution >= 4 is 14.1 Å². The molecule has 1 aromatic rings. The van der Waals surface area contributed by atoms with Crippen LogP contribution in [0.5, 0.6) is 5.75 Å². The van der Waals surface area contributed by atoms with E-state index in [1.165, 1.54) is 0 Å². The normalized spacial score (nSPS) is 12.7. The first-order valence-electron chi connectivity index (χ1n) is 9.65. The number of ether oxygens (including phenoxy) is 1. The molecule has 0 saturated heterocycles. The smallest absolute Gasteiger partial charge is 0.236 e. The van der Waals surface area contributed by atoms with Crippen LogP contribution in [0.15, 0.2) is 30.9 Å². The van der Waals surface area contributed by atoms with Gasteiger partial charge < -0.3 is 14.3 Å². The van der Waals surface area contributed by atoms with Crippen LogP contribution in [0.1, 0.15) is 49.5 Å². The van der Waals surface area contributed by atoms with Gasteiger partial charge in [0.2, 0.25) is 5.78 Å². The van der Waals surface area contributed by atoms with Crippen LogP contribution in [0.25, 0.3) is 0 Å². The molecule has 0 saturated carbocycles. The largest absolute Gasteiger partial charge is 0.496 e. The third-order valence-corrected chi connectivity index (χ3v) is 9.69. The predicted octanol–water partition coefficient (Wildman–Crippen LogP) is 4.77. The number of methoxy groups -OCH3 is 1. The molecule has 0 aliphatic rings. The van der Waals surface area contributed by atoms with Crippen LogP contribution < -0.4 is 4.74 Å².